The minimum atomic E-state index is -4.42. The summed E-state index contributed by atoms with van der Waals surface area (Å²) in [5.74, 6) is -0.0346. The molecule has 1 heterocycles. The van der Waals surface area contributed by atoms with Gasteiger partial charge in [0.1, 0.15) is 16.7 Å². The minimum Gasteiger partial charge on any atom is -0.499 e. The van der Waals surface area contributed by atoms with Gasteiger partial charge in [-0.15, -0.1) is 0 Å². The monoisotopic (exact) mass is 263 g/mol. The predicted molar refractivity (Wildman–Crippen MR) is 57.6 cm³/mol. The Hall–Kier alpha value is -1.50. The molecule has 1 atom stereocenters. The first kappa shape index (κ1) is 12.0. The quantitative estimate of drug-likeness (QED) is 0.846. The van der Waals surface area contributed by atoms with E-state index < -0.39 is 22.5 Å². The van der Waals surface area contributed by atoms with Crippen LogP contribution in [0, 0.1) is 0 Å². The average molecular weight is 263 g/mol. The summed E-state index contributed by atoms with van der Waals surface area (Å²) >= 11 is 0. The molecule has 0 bridgehead atoms. The normalized spacial score (nSPS) is 20.5. The van der Waals surface area contributed by atoms with Crippen molar-refractivity contribution in [3.63, 3.8) is 0 Å². The van der Waals surface area contributed by atoms with Crippen molar-refractivity contribution in [2.24, 2.45) is 0 Å². The van der Waals surface area contributed by atoms with E-state index in [4.69, 9.17) is 5.11 Å². The number of hydrogen-bond donors (Lipinski definition) is 1. The maximum Gasteiger partial charge on any atom is 0.416 e. The second kappa shape index (κ2) is 4.06. The molecule has 0 aromatic heterocycles. The van der Waals surface area contributed by atoms with Gasteiger partial charge in [-0.2, -0.15) is 13.2 Å². The van der Waals surface area contributed by atoms with Crippen molar-refractivity contribution < 1.29 is 22.5 Å². The third-order valence-electron chi connectivity index (χ3n) is 2.26. The maximum atomic E-state index is 12.5. The Balaban J connectivity index is 2.33. The molecule has 0 saturated heterocycles. The van der Waals surface area contributed by atoms with E-state index >= 15 is 0 Å². The Morgan fingerprint density at radius 3 is 2.59 bits per heavy atom. The van der Waals surface area contributed by atoms with Crippen LogP contribution in [0.1, 0.15) is 5.56 Å². The fourth-order valence-electron chi connectivity index (χ4n) is 1.43. The standard InChI is InChI=1S/C10H8F3NO2S/c11-10(12,13)7-2-1-3-8(4-7)14-5-9(15)17(16)6-14/h1-5,15H,6H2. The SMILES string of the molecule is O=S1CN(c2cccc(C(F)(F)F)c2)C=C1O. The molecule has 0 saturated carbocycles. The van der Waals surface area contributed by atoms with E-state index in [9.17, 15) is 17.4 Å². The number of aliphatic hydroxyl groups excluding tert-OH is 1. The highest BCUT2D eigenvalue weighted by atomic mass is 32.2. The topological polar surface area (TPSA) is 40.5 Å². The maximum absolute atomic E-state index is 12.5. The van der Waals surface area contributed by atoms with Crippen molar-refractivity contribution in [2.75, 3.05) is 10.8 Å². The van der Waals surface area contributed by atoms with Crippen LogP contribution in [0.3, 0.4) is 0 Å². The highest BCUT2D eigenvalue weighted by Gasteiger charge is 2.31. The van der Waals surface area contributed by atoms with Gasteiger partial charge in [-0.3, -0.25) is 0 Å². The number of anilines is 1. The van der Waals surface area contributed by atoms with Crippen molar-refractivity contribution in [3.8, 4) is 0 Å². The number of alkyl halides is 3. The van der Waals surface area contributed by atoms with Gasteiger partial charge >= 0.3 is 6.18 Å². The van der Waals surface area contributed by atoms with E-state index in [0.29, 0.717) is 0 Å². The first-order chi connectivity index (χ1) is 7.88. The minimum absolute atomic E-state index is 0.0346. The molecule has 17 heavy (non-hydrogen) atoms. The molecule has 0 radical (unpaired) electrons. The fourth-order valence-corrected chi connectivity index (χ4v) is 2.29. The molecule has 0 spiro atoms. The Morgan fingerprint density at radius 2 is 2.06 bits per heavy atom. The molecule has 0 aliphatic carbocycles. The zero-order chi connectivity index (χ0) is 12.6. The van der Waals surface area contributed by atoms with Gasteiger partial charge in [-0.25, -0.2) is 4.21 Å². The van der Waals surface area contributed by atoms with Gasteiger partial charge in [0.05, 0.1) is 11.8 Å². The molecule has 1 aliphatic rings. The lowest BCUT2D eigenvalue weighted by Crippen LogP contribution is -2.15. The molecule has 7 heteroatoms. The van der Waals surface area contributed by atoms with Crippen molar-refractivity contribution in [1.29, 1.82) is 0 Å². The molecule has 3 nitrogen and oxygen atoms in total. The number of aliphatic hydroxyl groups is 1. The third-order valence-corrected chi connectivity index (χ3v) is 3.35. The molecule has 2 rings (SSSR count). The Morgan fingerprint density at radius 1 is 1.35 bits per heavy atom. The van der Waals surface area contributed by atoms with Crippen LogP contribution in [0.5, 0.6) is 0 Å². The molecule has 0 amide bonds. The van der Waals surface area contributed by atoms with Gasteiger partial charge in [0.15, 0.2) is 5.09 Å². The highest BCUT2D eigenvalue weighted by molar-refractivity contribution is 7.89. The number of halogens is 3. The molecule has 1 aliphatic heterocycles. The van der Waals surface area contributed by atoms with E-state index in [1.165, 1.54) is 23.2 Å². The van der Waals surface area contributed by atoms with E-state index in [1.54, 1.807) is 0 Å². The predicted octanol–water partition coefficient (Wildman–Crippen LogP) is 2.59. The number of benzene rings is 1. The van der Waals surface area contributed by atoms with Crippen LogP contribution in [0.2, 0.25) is 0 Å². The van der Waals surface area contributed by atoms with Gasteiger partial charge in [-0.05, 0) is 18.2 Å². The molecular formula is C10H8F3NO2S. The Bertz CT molecular complexity index is 499. The summed E-state index contributed by atoms with van der Waals surface area (Å²) in [7, 11) is -1.56. The largest absolute Gasteiger partial charge is 0.499 e. The van der Waals surface area contributed by atoms with Crippen molar-refractivity contribution in [3.05, 3.63) is 41.1 Å². The summed E-state index contributed by atoms with van der Waals surface area (Å²) in [5.41, 5.74) is -0.530. The molecular weight excluding hydrogens is 255 g/mol. The lowest BCUT2D eigenvalue weighted by Gasteiger charge is -2.15. The fraction of sp³-hybridized carbons (Fsp3) is 0.200. The zero-order valence-corrected chi connectivity index (χ0v) is 9.26. The molecule has 1 aromatic rings. The van der Waals surface area contributed by atoms with Crippen molar-refractivity contribution in [1.82, 2.24) is 0 Å². The van der Waals surface area contributed by atoms with Crippen LogP contribution in [0.25, 0.3) is 0 Å². The average Bonchev–Trinajstić information content (AvgIpc) is 2.58. The van der Waals surface area contributed by atoms with E-state index in [-0.39, 0.29) is 16.7 Å². The van der Waals surface area contributed by atoms with Gasteiger partial charge < -0.3 is 10.0 Å². The van der Waals surface area contributed by atoms with Crippen LogP contribution in [0.15, 0.2) is 35.6 Å². The van der Waals surface area contributed by atoms with Crippen LogP contribution in [-0.2, 0) is 17.0 Å². The van der Waals surface area contributed by atoms with Gasteiger partial charge in [0, 0.05) is 5.69 Å². The zero-order valence-electron chi connectivity index (χ0n) is 8.44. The first-order valence-corrected chi connectivity index (χ1v) is 5.93. The van der Waals surface area contributed by atoms with E-state index in [0.717, 1.165) is 12.1 Å². The molecule has 1 unspecified atom stereocenters. The second-order valence-electron chi connectivity index (χ2n) is 3.46. The number of hydrogen-bond acceptors (Lipinski definition) is 3. The molecule has 92 valence electrons. The van der Waals surface area contributed by atoms with E-state index in [2.05, 4.69) is 0 Å². The lowest BCUT2D eigenvalue weighted by atomic mass is 10.2. The highest BCUT2D eigenvalue weighted by Crippen LogP contribution is 2.32. The van der Waals surface area contributed by atoms with Crippen LogP contribution in [0.4, 0.5) is 18.9 Å². The van der Waals surface area contributed by atoms with Crippen molar-refractivity contribution in [2.45, 2.75) is 6.18 Å². The molecule has 1 aromatic carbocycles. The summed E-state index contributed by atoms with van der Waals surface area (Å²) in [5, 5.41) is 8.82. The lowest BCUT2D eigenvalue weighted by molar-refractivity contribution is -0.137. The third kappa shape index (κ3) is 2.44. The van der Waals surface area contributed by atoms with Gasteiger partial charge in [-0.1, -0.05) is 6.07 Å². The number of rotatable bonds is 1. The van der Waals surface area contributed by atoms with Crippen LogP contribution in [-0.4, -0.2) is 15.2 Å². The molecule has 0 fully saturated rings. The summed E-state index contributed by atoms with van der Waals surface area (Å²) in [4.78, 5) is 1.32. The van der Waals surface area contributed by atoms with Gasteiger partial charge in [0.25, 0.3) is 0 Å². The summed E-state index contributed by atoms with van der Waals surface area (Å²) in [6.45, 7) is 0. The number of nitrogens with zero attached hydrogens (tertiary/aromatic N) is 1. The summed E-state index contributed by atoms with van der Waals surface area (Å²) < 4.78 is 48.6. The Kier molecular flexibility index (Phi) is 2.86. The first-order valence-electron chi connectivity index (χ1n) is 4.61. The second-order valence-corrected chi connectivity index (χ2v) is 4.83. The summed E-state index contributed by atoms with van der Waals surface area (Å²) in [6.07, 6.45) is -3.24. The summed E-state index contributed by atoms with van der Waals surface area (Å²) in [6, 6.07) is 4.64. The van der Waals surface area contributed by atoms with E-state index in [1.807, 2.05) is 0 Å². The molecule has 1 N–H and O–H groups in total. The Labute approximate surface area is 97.6 Å². The van der Waals surface area contributed by atoms with Crippen LogP contribution < -0.4 is 4.90 Å². The smallest absolute Gasteiger partial charge is 0.416 e. The van der Waals surface area contributed by atoms with Gasteiger partial charge in [0.2, 0.25) is 0 Å². The van der Waals surface area contributed by atoms with Crippen LogP contribution >= 0.6 is 0 Å². The van der Waals surface area contributed by atoms with Crippen molar-refractivity contribution >= 4 is 16.5 Å².